The molecule has 0 unspecified atom stereocenters. The molecule has 0 saturated heterocycles. The number of ether oxygens (including phenoxy) is 1. The van der Waals surface area contributed by atoms with E-state index in [1.165, 1.54) is 42.6 Å². The van der Waals surface area contributed by atoms with Gasteiger partial charge in [-0.05, 0) is 12.1 Å². The molecule has 3 aromatic heterocycles. The van der Waals surface area contributed by atoms with Gasteiger partial charge in [0, 0.05) is 29.8 Å². The predicted molar refractivity (Wildman–Crippen MR) is 107 cm³/mol. The van der Waals surface area contributed by atoms with E-state index in [2.05, 4.69) is 29.9 Å². The zero-order valence-corrected chi connectivity index (χ0v) is 17.3. The number of alkyl halides is 2. The van der Waals surface area contributed by atoms with E-state index in [1.807, 2.05) is 0 Å². The van der Waals surface area contributed by atoms with E-state index in [-0.39, 0.29) is 22.3 Å². The van der Waals surface area contributed by atoms with E-state index >= 15 is 0 Å². The van der Waals surface area contributed by atoms with Crippen LogP contribution in [0.5, 0.6) is 5.88 Å². The number of hydrogen-bond acceptors (Lipinski definition) is 7. The summed E-state index contributed by atoms with van der Waals surface area (Å²) in [5.74, 6) is -0.474. The number of nitrogens with one attached hydrogen (secondary N) is 2. The lowest BCUT2D eigenvalue weighted by molar-refractivity contribution is 0.147. The normalized spacial score (nSPS) is 11.9. The molecule has 4 rings (SSSR count). The van der Waals surface area contributed by atoms with Crippen molar-refractivity contribution < 1.29 is 21.9 Å². The topological polar surface area (TPSA) is 128 Å². The summed E-state index contributed by atoms with van der Waals surface area (Å²) in [7, 11) is -2.92. The van der Waals surface area contributed by atoms with Gasteiger partial charge in [0.1, 0.15) is 10.6 Å². The first-order chi connectivity index (χ1) is 14.8. The zero-order chi connectivity index (χ0) is 22.2. The number of halogens is 3. The summed E-state index contributed by atoms with van der Waals surface area (Å²) >= 11 is 6.26. The van der Waals surface area contributed by atoms with Crippen molar-refractivity contribution in [2.75, 3.05) is 11.8 Å². The van der Waals surface area contributed by atoms with Crippen LogP contribution < -0.4 is 9.46 Å². The van der Waals surface area contributed by atoms with Gasteiger partial charge in [-0.25, -0.2) is 26.9 Å². The Morgan fingerprint density at radius 1 is 1.29 bits per heavy atom. The maximum atomic E-state index is 13.0. The van der Waals surface area contributed by atoms with Gasteiger partial charge in [-0.1, -0.05) is 11.6 Å². The number of nitrogens with zero attached hydrogens (tertiary/aromatic N) is 5. The van der Waals surface area contributed by atoms with Crippen molar-refractivity contribution in [1.29, 1.82) is 0 Å². The van der Waals surface area contributed by atoms with Crippen LogP contribution in [0.1, 0.15) is 5.56 Å². The number of sulfonamides is 1. The van der Waals surface area contributed by atoms with Crippen LogP contribution in [0.15, 0.2) is 41.8 Å². The van der Waals surface area contributed by atoms with Crippen LogP contribution in [0, 0.1) is 0 Å². The molecule has 0 atom stereocenters. The molecule has 0 aliphatic carbocycles. The number of rotatable bonds is 7. The quantitative estimate of drug-likeness (QED) is 0.426. The first-order valence-corrected chi connectivity index (χ1v) is 10.5. The summed E-state index contributed by atoms with van der Waals surface area (Å²) in [6.45, 7) is 0. The third-order valence-electron chi connectivity index (χ3n) is 4.27. The average molecular weight is 470 g/mol. The number of aromatic nitrogens is 6. The van der Waals surface area contributed by atoms with Crippen LogP contribution in [-0.2, 0) is 16.4 Å². The molecule has 14 heteroatoms. The molecule has 4 aromatic rings. The molecule has 0 aliphatic rings. The fourth-order valence-electron chi connectivity index (χ4n) is 2.98. The van der Waals surface area contributed by atoms with Crippen molar-refractivity contribution in [2.24, 2.45) is 0 Å². The Labute approximate surface area is 179 Å². The summed E-state index contributed by atoms with van der Waals surface area (Å²) in [4.78, 5) is 11.7. The molecule has 10 nitrogen and oxygen atoms in total. The van der Waals surface area contributed by atoms with E-state index in [4.69, 9.17) is 16.3 Å². The van der Waals surface area contributed by atoms with Gasteiger partial charge in [0.05, 0.1) is 30.0 Å². The minimum Gasteiger partial charge on any atom is -0.481 e. The smallest absolute Gasteiger partial charge is 0.266 e. The zero-order valence-electron chi connectivity index (χ0n) is 15.8. The highest BCUT2D eigenvalue weighted by Gasteiger charge is 2.24. The van der Waals surface area contributed by atoms with Crippen molar-refractivity contribution in [3.05, 3.63) is 47.5 Å². The summed E-state index contributed by atoms with van der Waals surface area (Å²) in [6, 6.07) is 3.05. The minimum absolute atomic E-state index is 0.0542. The summed E-state index contributed by atoms with van der Waals surface area (Å²) in [5.41, 5.74) is 0.827. The van der Waals surface area contributed by atoms with E-state index in [1.54, 1.807) is 0 Å². The van der Waals surface area contributed by atoms with Gasteiger partial charge in [-0.15, -0.1) is 4.80 Å². The van der Waals surface area contributed by atoms with Crippen molar-refractivity contribution in [3.8, 4) is 11.6 Å². The van der Waals surface area contributed by atoms with Crippen molar-refractivity contribution in [2.45, 2.75) is 17.7 Å². The maximum absolute atomic E-state index is 13.0. The highest BCUT2D eigenvalue weighted by Crippen LogP contribution is 2.32. The summed E-state index contributed by atoms with van der Waals surface area (Å²) in [5, 5.41) is 8.70. The molecule has 0 amide bonds. The van der Waals surface area contributed by atoms with Crippen LogP contribution in [0.2, 0.25) is 5.02 Å². The van der Waals surface area contributed by atoms with E-state index in [9.17, 15) is 17.2 Å². The molecule has 0 fully saturated rings. The lowest BCUT2D eigenvalue weighted by Gasteiger charge is -2.10. The fourth-order valence-corrected chi connectivity index (χ4v) is 4.34. The Kier molecular flexibility index (Phi) is 5.45. The third-order valence-corrected chi connectivity index (χ3v) is 5.94. The van der Waals surface area contributed by atoms with Crippen LogP contribution >= 0.6 is 11.6 Å². The first kappa shape index (κ1) is 20.9. The lowest BCUT2D eigenvalue weighted by Crippen LogP contribution is -2.15. The van der Waals surface area contributed by atoms with Gasteiger partial charge < -0.3 is 9.72 Å². The predicted octanol–water partition coefficient (Wildman–Crippen LogP) is 2.81. The molecule has 162 valence electrons. The van der Waals surface area contributed by atoms with E-state index in [0.29, 0.717) is 21.6 Å². The van der Waals surface area contributed by atoms with Crippen molar-refractivity contribution >= 4 is 38.5 Å². The molecular weight excluding hydrogens is 456 g/mol. The number of aromatic amines is 1. The number of anilines is 1. The fraction of sp³-hybridized carbons (Fsp3) is 0.176. The molecule has 0 saturated carbocycles. The molecule has 0 bridgehead atoms. The molecule has 0 radical (unpaired) electrons. The summed E-state index contributed by atoms with van der Waals surface area (Å²) in [6.07, 6.45) is 2.03. The van der Waals surface area contributed by atoms with Crippen LogP contribution in [-0.4, -0.2) is 51.9 Å². The third kappa shape index (κ3) is 4.01. The molecular formula is C17H14ClF2N7O3S. The molecule has 3 heterocycles. The first-order valence-electron chi connectivity index (χ1n) is 8.67. The molecule has 0 spiro atoms. The van der Waals surface area contributed by atoms with Crippen LogP contribution in [0.4, 0.5) is 14.7 Å². The Balaban J connectivity index is 1.72. The van der Waals surface area contributed by atoms with Crippen molar-refractivity contribution in [3.63, 3.8) is 0 Å². The standard InChI is InChI=1S/C17H14ClF2N7O3S/c1-30-16-9(6-13(19)20)7-22-17(25-16)26-31(28,29)12-8-21-14-10(12)2-3-11(18)15(14)27-23-4-5-24-27/h2-5,7-8,13,21H,6H2,1H3,(H,22,25,26). The lowest BCUT2D eigenvalue weighted by atomic mass is 10.2. The Morgan fingerprint density at radius 3 is 2.71 bits per heavy atom. The molecule has 2 N–H and O–H groups in total. The molecule has 31 heavy (non-hydrogen) atoms. The average Bonchev–Trinajstić information content (AvgIpc) is 3.38. The van der Waals surface area contributed by atoms with E-state index in [0.717, 1.165) is 6.20 Å². The van der Waals surface area contributed by atoms with Crippen molar-refractivity contribution in [1.82, 2.24) is 29.9 Å². The maximum Gasteiger partial charge on any atom is 0.266 e. The summed E-state index contributed by atoms with van der Waals surface area (Å²) < 4.78 is 58.5. The van der Waals surface area contributed by atoms with Gasteiger partial charge in [-0.3, -0.25) is 0 Å². The molecule has 1 aromatic carbocycles. The largest absolute Gasteiger partial charge is 0.481 e. The van der Waals surface area contributed by atoms with Gasteiger partial charge >= 0.3 is 0 Å². The second-order valence-electron chi connectivity index (χ2n) is 6.22. The number of benzene rings is 1. The number of fused-ring (bicyclic) bond motifs is 1. The Bertz CT molecular complexity index is 1340. The molecule has 0 aliphatic heterocycles. The van der Waals surface area contributed by atoms with Gasteiger partial charge in [0.2, 0.25) is 18.3 Å². The second kappa shape index (κ2) is 8.07. The van der Waals surface area contributed by atoms with Crippen LogP contribution in [0.3, 0.4) is 0 Å². The SMILES string of the molecule is COc1nc(NS(=O)(=O)c2c[nH]c3c(-n4nccn4)c(Cl)ccc23)ncc1CC(F)F. The second-order valence-corrected chi connectivity index (χ2v) is 8.28. The van der Waals surface area contributed by atoms with Gasteiger partial charge in [0.25, 0.3) is 10.0 Å². The highest BCUT2D eigenvalue weighted by molar-refractivity contribution is 7.93. The number of H-pyrrole nitrogens is 1. The number of hydrogen-bond donors (Lipinski definition) is 2. The van der Waals surface area contributed by atoms with Gasteiger partial charge in [0.15, 0.2) is 0 Å². The van der Waals surface area contributed by atoms with Crippen LogP contribution in [0.25, 0.3) is 16.6 Å². The Hall–Kier alpha value is -3.32. The monoisotopic (exact) mass is 469 g/mol. The van der Waals surface area contributed by atoms with Gasteiger partial charge in [-0.2, -0.15) is 15.2 Å². The minimum atomic E-state index is -4.16. The van der Waals surface area contributed by atoms with E-state index < -0.39 is 22.9 Å². The highest BCUT2D eigenvalue weighted by atomic mass is 35.5. The number of methoxy groups -OCH3 is 1. The Morgan fingerprint density at radius 2 is 2.03 bits per heavy atom.